The first-order valence-electron chi connectivity index (χ1n) is 8.10. The number of aromatic nitrogens is 3. The molecular weight excluding hydrogens is 324 g/mol. The second kappa shape index (κ2) is 7.58. The van der Waals surface area contributed by atoms with Gasteiger partial charge in [-0.1, -0.05) is 0 Å². The van der Waals surface area contributed by atoms with E-state index in [1.165, 1.54) is 7.11 Å². The third kappa shape index (κ3) is 3.77. The van der Waals surface area contributed by atoms with E-state index >= 15 is 0 Å². The Kier molecular flexibility index (Phi) is 5.25. The lowest BCUT2D eigenvalue weighted by molar-refractivity contribution is -0.146. The molecule has 0 aromatic carbocycles. The summed E-state index contributed by atoms with van der Waals surface area (Å²) in [5, 5.41) is 2.91. The number of nitrogens with one attached hydrogen (secondary N) is 1. The third-order valence-electron chi connectivity index (χ3n) is 4.31. The molecule has 0 bridgehead atoms. The van der Waals surface area contributed by atoms with E-state index in [2.05, 4.69) is 15.3 Å². The molecular formula is C16H22N6O3. The Morgan fingerprint density at radius 1 is 1.36 bits per heavy atom. The van der Waals surface area contributed by atoms with Gasteiger partial charge in [-0.15, -0.1) is 0 Å². The summed E-state index contributed by atoms with van der Waals surface area (Å²) < 4.78 is 6.79. The molecule has 25 heavy (non-hydrogen) atoms. The van der Waals surface area contributed by atoms with Gasteiger partial charge in [0.25, 0.3) is 0 Å². The van der Waals surface area contributed by atoms with E-state index in [0.717, 1.165) is 17.9 Å². The van der Waals surface area contributed by atoms with Crippen molar-refractivity contribution in [2.45, 2.75) is 12.6 Å². The van der Waals surface area contributed by atoms with Crippen molar-refractivity contribution in [2.24, 2.45) is 0 Å². The minimum atomic E-state index is -0.526. The van der Waals surface area contributed by atoms with Crippen LogP contribution in [0.1, 0.15) is 5.69 Å². The van der Waals surface area contributed by atoms with Crippen LogP contribution in [0.4, 0.5) is 0 Å². The maximum atomic E-state index is 12.7. The summed E-state index contributed by atoms with van der Waals surface area (Å²) in [6.45, 7) is 2.06. The number of carbonyl (C=O) groups is 2. The lowest BCUT2D eigenvalue weighted by atomic mass is 10.1. The highest BCUT2D eigenvalue weighted by Gasteiger charge is 2.33. The van der Waals surface area contributed by atoms with Gasteiger partial charge in [0.2, 0.25) is 11.8 Å². The molecule has 0 radical (unpaired) electrons. The van der Waals surface area contributed by atoms with Gasteiger partial charge >= 0.3 is 0 Å². The van der Waals surface area contributed by atoms with Gasteiger partial charge < -0.3 is 19.9 Å². The highest BCUT2D eigenvalue weighted by molar-refractivity contribution is 5.88. The molecule has 3 rings (SSSR count). The number of methoxy groups -OCH3 is 1. The fraction of sp³-hybridized carbons (Fsp3) is 0.500. The summed E-state index contributed by atoms with van der Waals surface area (Å²) in [4.78, 5) is 36.8. The number of hydrogen-bond acceptors (Lipinski definition) is 6. The molecule has 1 aliphatic rings. The number of amides is 2. The monoisotopic (exact) mass is 346 g/mol. The number of likely N-dealkylation sites (N-methyl/N-ethyl adjacent to an activating group) is 1. The second-order valence-corrected chi connectivity index (χ2v) is 6.07. The molecule has 1 N–H and O–H groups in total. The van der Waals surface area contributed by atoms with Crippen molar-refractivity contribution in [3.05, 3.63) is 30.5 Å². The minimum absolute atomic E-state index is 0.0201. The fourth-order valence-corrected chi connectivity index (χ4v) is 2.97. The predicted octanol–water partition coefficient (Wildman–Crippen LogP) is -0.865. The van der Waals surface area contributed by atoms with Crippen molar-refractivity contribution >= 4 is 17.5 Å². The normalized spacial score (nSPS) is 18.5. The summed E-state index contributed by atoms with van der Waals surface area (Å²) in [6.07, 6.45) is 6.83. The molecule has 0 spiro atoms. The first-order valence-corrected chi connectivity index (χ1v) is 8.10. The van der Waals surface area contributed by atoms with Crippen LogP contribution in [0.15, 0.2) is 24.8 Å². The third-order valence-corrected chi connectivity index (χ3v) is 4.31. The van der Waals surface area contributed by atoms with E-state index in [9.17, 15) is 9.59 Å². The Morgan fingerprint density at radius 2 is 2.20 bits per heavy atom. The SMILES string of the molecule is COCC(=O)N1CCN(C)CC1C(=O)NCc1cnc2cnccn12. The molecule has 2 aromatic heterocycles. The van der Waals surface area contributed by atoms with Crippen molar-refractivity contribution in [3.8, 4) is 0 Å². The fourth-order valence-electron chi connectivity index (χ4n) is 2.97. The largest absolute Gasteiger partial charge is 0.375 e. The number of nitrogens with zero attached hydrogens (tertiary/aromatic N) is 5. The van der Waals surface area contributed by atoms with Crippen molar-refractivity contribution in [2.75, 3.05) is 40.4 Å². The number of rotatable bonds is 5. The van der Waals surface area contributed by atoms with E-state index < -0.39 is 6.04 Å². The summed E-state index contributed by atoms with van der Waals surface area (Å²) >= 11 is 0. The topological polar surface area (TPSA) is 92.1 Å². The molecule has 1 unspecified atom stereocenters. The van der Waals surface area contributed by atoms with Gasteiger partial charge in [-0.2, -0.15) is 0 Å². The summed E-state index contributed by atoms with van der Waals surface area (Å²) in [5.74, 6) is -0.350. The van der Waals surface area contributed by atoms with Crippen molar-refractivity contribution in [3.63, 3.8) is 0 Å². The first kappa shape index (κ1) is 17.3. The standard InChI is InChI=1S/C16H22N6O3/c1-20-5-6-22(15(23)11-25-2)13(10-20)16(24)19-8-12-7-18-14-9-17-3-4-21(12)14/h3-4,7,9,13H,5-6,8,10-11H2,1-2H3,(H,19,24). The van der Waals surface area contributed by atoms with Gasteiger partial charge in [0.1, 0.15) is 12.6 Å². The molecule has 0 saturated carbocycles. The Labute approximate surface area is 145 Å². The molecule has 134 valence electrons. The number of piperazine rings is 1. The Hall–Kier alpha value is -2.52. The summed E-state index contributed by atoms with van der Waals surface area (Å²) in [5.41, 5.74) is 1.57. The number of hydrogen-bond donors (Lipinski definition) is 1. The van der Waals surface area contributed by atoms with Crippen LogP contribution in [-0.2, 0) is 20.9 Å². The molecule has 2 amide bonds. The molecule has 1 atom stereocenters. The molecule has 2 aromatic rings. The second-order valence-electron chi connectivity index (χ2n) is 6.07. The Balaban J connectivity index is 1.68. The highest BCUT2D eigenvalue weighted by Crippen LogP contribution is 2.10. The van der Waals surface area contributed by atoms with Crippen LogP contribution in [0, 0.1) is 0 Å². The summed E-state index contributed by atoms with van der Waals surface area (Å²) in [7, 11) is 3.42. The van der Waals surface area contributed by atoms with Gasteiger partial charge in [-0.25, -0.2) is 4.98 Å². The molecule has 9 heteroatoms. The maximum absolute atomic E-state index is 12.7. The zero-order valence-corrected chi connectivity index (χ0v) is 14.4. The van der Waals surface area contributed by atoms with Gasteiger partial charge in [0, 0.05) is 39.1 Å². The van der Waals surface area contributed by atoms with Crippen molar-refractivity contribution in [1.29, 1.82) is 0 Å². The van der Waals surface area contributed by atoms with E-state index in [0.29, 0.717) is 19.6 Å². The minimum Gasteiger partial charge on any atom is -0.375 e. The van der Waals surface area contributed by atoms with Gasteiger partial charge in [0.15, 0.2) is 5.65 Å². The quantitative estimate of drug-likeness (QED) is 0.757. The predicted molar refractivity (Wildman–Crippen MR) is 89.7 cm³/mol. The highest BCUT2D eigenvalue weighted by atomic mass is 16.5. The van der Waals surface area contributed by atoms with Crippen LogP contribution in [-0.4, -0.2) is 82.4 Å². The smallest absolute Gasteiger partial charge is 0.249 e. The first-order chi connectivity index (χ1) is 12.1. The Bertz CT molecular complexity index is 761. The van der Waals surface area contributed by atoms with Gasteiger partial charge in [-0.3, -0.25) is 19.0 Å². The van der Waals surface area contributed by atoms with Crippen LogP contribution in [0.5, 0.6) is 0 Å². The van der Waals surface area contributed by atoms with Crippen LogP contribution in [0.3, 0.4) is 0 Å². The van der Waals surface area contributed by atoms with Crippen molar-refractivity contribution in [1.82, 2.24) is 29.5 Å². The number of imidazole rings is 1. The lowest BCUT2D eigenvalue weighted by Gasteiger charge is -2.38. The number of fused-ring (bicyclic) bond motifs is 1. The Morgan fingerprint density at radius 3 is 3.00 bits per heavy atom. The van der Waals surface area contributed by atoms with Crippen LogP contribution in [0.25, 0.3) is 5.65 Å². The average molecular weight is 346 g/mol. The van der Waals surface area contributed by atoms with Gasteiger partial charge in [-0.05, 0) is 7.05 Å². The zero-order chi connectivity index (χ0) is 17.8. The molecule has 1 saturated heterocycles. The average Bonchev–Trinajstić information content (AvgIpc) is 3.03. The molecule has 3 heterocycles. The van der Waals surface area contributed by atoms with E-state index in [-0.39, 0.29) is 18.4 Å². The maximum Gasteiger partial charge on any atom is 0.249 e. The van der Waals surface area contributed by atoms with Crippen LogP contribution in [0.2, 0.25) is 0 Å². The molecule has 9 nitrogen and oxygen atoms in total. The van der Waals surface area contributed by atoms with Crippen molar-refractivity contribution < 1.29 is 14.3 Å². The molecule has 1 fully saturated rings. The number of ether oxygens (including phenoxy) is 1. The summed E-state index contributed by atoms with van der Waals surface area (Å²) in [6, 6.07) is -0.526. The molecule has 1 aliphatic heterocycles. The van der Waals surface area contributed by atoms with Crippen LogP contribution >= 0.6 is 0 Å². The zero-order valence-electron chi connectivity index (χ0n) is 14.4. The van der Waals surface area contributed by atoms with Crippen LogP contribution < -0.4 is 5.32 Å². The van der Waals surface area contributed by atoms with E-state index in [1.54, 1.807) is 29.7 Å². The number of carbonyl (C=O) groups excluding carboxylic acids is 2. The van der Waals surface area contributed by atoms with Gasteiger partial charge in [0.05, 0.1) is 24.6 Å². The van der Waals surface area contributed by atoms with E-state index in [1.807, 2.05) is 16.3 Å². The lowest BCUT2D eigenvalue weighted by Crippen LogP contribution is -2.60. The molecule has 0 aliphatic carbocycles. The van der Waals surface area contributed by atoms with E-state index in [4.69, 9.17) is 4.74 Å².